The highest BCUT2D eigenvalue weighted by molar-refractivity contribution is 4.88. The van der Waals surface area contributed by atoms with Gasteiger partial charge in [-0.1, -0.05) is 6.92 Å². The summed E-state index contributed by atoms with van der Waals surface area (Å²) >= 11 is 0. The Labute approximate surface area is 89.6 Å². The summed E-state index contributed by atoms with van der Waals surface area (Å²) in [4.78, 5) is 0. The molecule has 0 unspecified atom stereocenters. The smallest absolute Gasteiger partial charge is 0.186 e. The highest BCUT2D eigenvalue weighted by Gasteiger charge is 2.43. The fraction of sp³-hybridized carbons (Fsp3) is 1.00. The molecule has 5 atom stereocenters. The van der Waals surface area contributed by atoms with E-state index in [-0.39, 0.29) is 6.10 Å². The number of aliphatic hydroxyl groups excluding tert-OH is 3. The third-order valence-corrected chi connectivity index (χ3v) is 2.48. The van der Waals surface area contributed by atoms with Crippen molar-refractivity contribution in [1.29, 1.82) is 0 Å². The van der Waals surface area contributed by atoms with Crippen molar-refractivity contribution in [2.45, 2.75) is 64.0 Å². The van der Waals surface area contributed by atoms with Gasteiger partial charge >= 0.3 is 0 Å². The summed E-state index contributed by atoms with van der Waals surface area (Å²) in [6, 6.07) is 0. The molecule has 15 heavy (non-hydrogen) atoms. The van der Waals surface area contributed by atoms with Crippen molar-refractivity contribution >= 4 is 0 Å². The van der Waals surface area contributed by atoms with E-state index in [2.05, 4.69) is 0 Å². The van der Waals surface area contributed by atoms with Gasteiger partial charge in [-0.05, 0) is 20.3 Å². The summed E-state index contributed by atoms with van der Waals surface area (Å²) in [5.41, 5.74) is 0. The zero-order chi connectivity index (χ0) is 11.6. The first-order valence-electron chi connectivity index (χ1n) is 5.32. The Hall–Kier alpha value is -0.200. The first kappa shape index (κ1) is 12.9. The van der Waals surface area contributed by atoms with Crippen LogP contribution >= 0.6 is 0 Å². The van der Waals surface area contributed by atoms with Crippen LogP contribution in [0.1, 0.15) is 27.2 Å². The van der Waals surface area contributed by atoms with E-state index in [1.165, 1.54) is 0 Å². The maximum absolute atomic E-state index is 9.61. The lowest BCUT2D eigenvalue weighted by Gasteiger charge is -2.40. The molecule has 1 heterocycles. The molecule has 1 fully saturated rings. The van der Waals surface area contributed by atoms with Crippen molar-refractivity contribution in [3.8, 4) is 0 Å². The zero-order valence-corrected chi connectivity index (χ0v) is 9.33. The predicted molar refractivity (Wildman–Crippen MR) is 53.2 cm³/mol. The lowest BCUT2D eigenvalue weighted by Crippen LogP contribution is -2.58. The summed E-state index contributed by atoms with van der Waals surface area (Å²) in [6.07, 6.45) is -4.39. The van der Waals surface area contributed by atoms with Gasteiger partial charge in [0.15, 0.2) is 6.29 Å². The maximum atomic E-state index is 9.61. The lowest BCUT2D eigenvalue weighted by molar-refractivity contribution is -0.304. The van der Waals surface area contributed by atoms with Gasteiger partial charge in [0.1, 0.15) is 18.3 Å². The topological polar surface area (TPSA) is 79.2 Å². The van der Waals surface area contributed by atoms with Crippen LogP contribution in [0.15, 0.2) is 0 Å². The van der Waals surface area contributed by atoms with E-state index >= 15 is 0 Å². The van der Waals surface area contributed by atoms with Crippen LogP contribution in [0, 0.1) is 0 Å². The molecule has 3 N–H and O–H groups in total. The molecule has 1 rings (SSSR count). The molecule has 0 aliphatic carbocycles. The predicted octanol–water partition coefficient (Wildman–Crippen LogP) is -0.371. The fourth-order valence-electron chi connectivity index (χ4n) is 1.63. The van der Waals surface area contributed by atoms with Crippen LogP contribution in [-0.2, 0) is 9.47 Å². The Morgan fingerprint density at radius 3 is 2.20 bits per heavy atom. The van der Waals surface area contributed by atoms with Crippen LogP contribution in [0.2, 0.25) is 0 Å². The number of hydrogen-bond donors (Lipinski definition) is 3. The molecule has 0 aromatic rings. The summed E-state index contributed by atoms with van der Waals surface area (Å²) in [5, 5.41) is 28.8. The Bertz CT molecular complexity index is 194. The average Bonchev–Trinajstić information content (AvgIpc) is 2.18. The van der Waals surface area contributed by atoms with Gasteiger partial charge in [-0.15, -0.1) is 0 Å². The summed E-state index contributed by atoms with van der Waals surface area (Å²) < 4.78 is 10.7. The number of rotatable bonds is 3. The zero-order valence-electron chi connectivity index (χ0n) is 9.33. The van der Waals surface area contributed by atoms with Gasteiger partial charge in [0.2, 0.25) is 0 Å². The molecule has 0 aromatic carbocycles. The number of aliphatic hydroxyl groups is 3. The van der Waals surface area contributed by atoms with Crippen LogP contribution in [0.5, 0.6) is 0 Å². The van der Waals surface area contributed by atoms with Gasteiger partial charge in [-0.3, -0.25) is 0 Å². The second-order valence-electron chi connectivity index (χ2n) is 4.11. The van der Waals surface area contributed by atoms with Crippen LogP contribution in [0.25, 0.3) is 0 Å². The number of hydrogen-bond acceptors (Lipinski definition) is 5. The molecule has 0 amide bonds. The summed E-state index contributed by atoms with van der Waals surface area (Å²) in [6.45, 7) is 5.47. The van der Waals surface area contributed by atoms with Gasteiger partial charge in [0, 0.05) is 0 Å². The van der Waals surface area contributed by atoms with Crippen LogP contribution in [0.3, 0.4) is 0 Å². The standard InChI is InChI=1S/C10H20O5/c1-4-6-7(11)8(12)9(13)10(15-6)14-5(2)3/h5-13H,4H2,1-3H3/t6-,7-,8+,9-,10-/m1/s1. The Kier molecular flexibility index (Phi) is 4.48. The molecule has 5 nitrogen and oxygen atoms in total. The molecule has 1 aliphatic rings. The first-order chi connectivity index (χ1) is 6.97. The highest BCUT2D eigenvalue weighted by Crippen LogP contribution is 2.24. The molecule has 1 aliphatic heterocycles. The molecular weight excluding hydrogens is 200 g/mol. The molecule has 90 valence electrons. The van der Waals surface area contributed by atoms with Crippen molar-refractivity contribution in [1.82, 2.24) is 0 Å². The molecule has 0 radical (unpaired) electrons. The minimum atomic E-state index is -1.22. The molecule has 0 saturated carbocycles. The Morgan fingerprint density at radius 2 is 1.73 bits per heavy atom. The van der Waals surface area contributed by atoms with Crippen LogP contribution in [0.4, 0.5) is 0 Å². The second kappa shape index (κ2) is 5.23. The van der Waals surface area contributed by atoms with Gasteiger partial charge in [-0.25, -0.2) is 0 Å². The van der Waals surface area contributed by atoms with Crippen molar-refractivity contribution in [3.05, 3.63) is 0 Å². The number of ether oxygens (including phenoxy) is 2. The minimum absolute atomic E-state index is 0.107. The van der Waals surface area contributed by atoms with E-state index in [1.807, 2.05) is 20.8 Å². The minimum Gasteiger partial charge on any atom is -0.388 e. The van der Waals surface area contributed by atoms with Gasteiger partial charge in [-0.2, -0.15) is 0 Å². The van der Waals surface area contributed by atoms with Gasteiger partial charge in [0.25, 0.3) is 0 Å². The third-order valence-electron chi connectivity index (χ3n) is 2.48. The Morgan fingerprint density at radius 1 is 1.13 bits per heavy atom. The largest absolute Gasteiger partial charge is 0.388 e. The summed E-state index contributed by atoms with van der Waals surface area (Å²) in [7, 11) is 0. The van der Waals surface area contributed by atoms with E-state index in [1.54, 1.807) is 0 Å². The van der Waals surface area contributed by atoms with Crippen molar-refractivity contribution in [3.63, 3.8) is 0 Å². The van der Waals surface area contributed by atoms with E-state index in [0.717, 1.165) is 0 Å². The van der Waals surface area contributed by atoms with Crippen molar-refractivity contribution < 1.29 is 24.8 Å². The average molecular weight is 220 g/mol. The molecule has 0 spiro atoms. The normalized spacial score (nSPS) is 42.2. The van der Waals surface area contributed by atoms with Crippen LogP contribution < -0.4 is 0 Å². The van der Waals surface area contributed by atoms with Crippen molar-refractivity contribution in [2.75, 3.05) is 0 Å². The van der Waals surface area contributed by atoms with E-state index < -0.39 is 30.7 Å². The van der Waals surface area contributed by atoms with E-state index in [9.17, 15) is 15.3 Å². The third kappa shape index (κ3) is 2.89. The van der Waals surface area contributed by atoms with Gasteiger partial charge in [0.05, 0.1) is 12.2 Å². The van der Waals surface area contributed by atoms with Crippen LogP contribution in [-0.4, -0.2) is 52.1 Å². The second-order valence-corrected chi connectivity index (χ2v) is 4.11. The lowest BCUT2D eigenvalue weighted by atomic mass is 9.97. The van der Waals surface area contributed by atoms with Gasteiger partial charge < -0.3 is 24.8 Å². The Balaban J connectivity index is 2.65. The first-order valence-corrected chi connectivity index (χ1v) is 5.32. The SMILES string of the molecule is CC[C@H]1O[C@@H](OC(C)C)[C@H](O)[C@@H](O)[C@@H]1O. The highest BCUT2D eigenvalue weighted by atomic mass is 16.7. The summed E-state index contributed by atoms with van der Waals surface area (Å²) in [5.74, 6) is 0. The molecule has 0 bridgehead atoms. The maximum Gasteiger partial charge on any atom is 0.186 e. The molecular formula is C10H20O5. The van der Waals surface area contributed by atoms with Crippen molar-refractivity contribution in [2.24, 2.45) is 0 Å². The molecule has 5 heteroatoms. The quantitative estimate of drug-likeness (QED) is 0.604. The monoisotopic (exact) mass is 220 g/mol. The molecule has 0 aromatic heterocycles. The molecule has 1 saturated heterocycles. The fourth-order valence-corrected chi connectivity index (χ4v) is 1.63. The van der Waals surface area contributed by atoms with E-state index in [0.29, 0.717) is 6.42 Å². The van der Waals surface area contributed by atoms with E-state index in [4.69, 9.17) is 9.47 Å².